The van der Waals surface area contributed by atoms with Gasteiger partial charge in [-0.1, -0.05) is 6.92 Å². The highest BCUT2D eigenvalue weighted by Gasteiger charge is 2.12. The van der Waals surface area contributed by atoms with Crippen LogP contribution in [0.2, 0.25) is 0 Å². The molecule has 0 saturated carbocycles. The first-order valence-electron chi connectivity index (χ1n) is 6.06. The summed E-state index contributed by atoms with van der Waals surface area (Å²) in [6, 6.07) is 0. The molecule has 88 valence electrons. The first-order valence-corrected chi connectivity index (χ1v) is 6.06. The van der Waals surface area contributed by atoms with Crippen molar-refractivity contribution >= 4 is 5.97 Å². The van der Waals surface area contributed by atoms with Crippen LogP contribution >= 0.6 is 0 Å². The molecule has 3 heteroatoms. The van der Waals surface area contributed by atoms with Crippen LogP contribution in [0, 0.1) is 5.92 Å². The van der Waals surface area contributed by atoms with Gasteiger partial charge in [-0.3, -0.25) is 4.79 Å². The Labute approximate surface area is 92.1 Å². The Bertz CT molecular complexity index is 174. The summed E-state index contributed by atoms with van der Waals surface area (Å²) in [7, 11) is 0. The minimum absolute atomic E-state index is 0.0870. The predicted molar refractivity (Wildman–Crippen MR) is 58.6 cm³/mol. The highest BCUT2D eigenvalue weighted by molar-refractivity contribution is 5.68. The molecule has 15 heavy (non-hydrogen) atoms. The average molecular weight is 214 g/mol. The normalized spacial score (nSPS) is 21.3. The van der Waals surface area contributed by atoms with E-state index in [0.29, 0.717) is 13.0 Å². The van der Waals surface area contributed by atoms with Crippen LogP contribution in [-0.2, 0) is 14.3 Å². The van der Waals surface area contributed by atoms with E-state index in [-0.39, 0.29) is 5.97 Å². The van der Waals surface area contributed by atoms with E-state index in [1.807, 2.05) is 6.92 Å². The monoisotopic (exact) mass is 214 g/mol. The van der Waals surface area contributed by atoms with Crippen LogP contribution in [0.25, 0.3) is 0 Å². The van der Waals surface area contributed by atoms with E-state index >= 15 is 0 Å². The predicted octanol–water partition coefficient (Wildman–Crippen LogP) is 2.54. The number of ether oxygens (including phenoxy) is 2. The molecule has 1 unspecified atom stereocenters. The smallest absolute Gasteiger partial charge is 0.305 e. The fourth-order valence-electron chi connectivity index (χ4n) is 1.86. The van der Waals surface area contributed by atoms with E-state index < -0.39 is 0 Å². The van der Waals surface area contributed by atoms with E-state index in [9.17, 15) is 4.79 Å². The van der Waals surface area contributed by atoms with Gasteiger partial charge in [-0.15, -0.1) is 0 Å². The second-order valence-corrected chi connectivity index (χ2v) is 4.15. The number of hydrogen-bond donors (Lipinski definition) is 0. The van der Waals surface area contributed by atoms with Crippen molar-refractivity contribution in [1.29, 1.82) is 0 Å². The molecule has 0 amide bonds. The number of carbonyl (C=O) groups is 1. The van der Waals surface area contributed by atoms with Crippen molar-refractivity contribution < 1.29 is 14.3 Å². The Hall–Kier alpha value is -0.570. The lowest BCUT2D eigenvalue weighted by atomic mass is 9.96. The summed E-state index contributed by atoms with van der Waals surface area (Å²) in [5.41, 5.74) is 0. The zero-order chi connectivity index (χ0) is 10.9. The molecule has 1 atom stereocenters. The highest BCUT2D eigenvalue weighted by atomic mass is 16.5. The third-order valence-corrected chi connectivity index (χ3v) is 2.81. The molecule has 0 aromatic rings. The van der Waals surface area contributed by atoms with E-state index in [1.165, 1.54) is 19.3 Å². The molecule has 0 radical (unpaired) electrons. The van der Waals surface area contributed by atoms with E-state index in [0.717, 1.165) is 32.0 Å². The first kappa shape index (κ1) is 12.5. The van der Waals surface area contributed by atoms with Gasteiger partial charge in [0.05, 0.1) is 6.61 Å². The standard InChI is InChI=1S/C12H22O3/c1-2-12(13)15-9-4-3-6-11-7-5-8-14-10-11/h11H,2-10H2,1H3. The Balaban J connectivity index is 1.89. The largest absolute Gasteiger partial charge is 0.466 e. The van der Waals surface area contributed by atoms with Crippen molar-refractivity contribution in [3.8, 4) is 0 Å². The molecular weight excluding hydrogens is 192 g/mol. The zero-order valence-electron chi connectivity index (χ0n) is 9.67. The minimum Gasteiger partial charge on any atom is -0.466 e. The van der Waals surface area contributed by atoms with Crippen molar-refractivity contribution in [3.05, 3.63) is 0 Å². The molecule has 1 saturated heterocycles. The summed E-state index contributed by atoms with van der Waals surface area (Å²) in [6.45, 7) is 4.27. The quantitative estimate of drug-likeness (QED) is 0.503. The van der Waals surface area contributed by atoms with Crippen molar-refractivity contribution in [3.63, 3.8) is 0 Å². The molecular formula is C12H22O3. The molecule has 1 heterocycles. The maximum atomic E-state index is 10.8. The number of hydrogen-bond acceptors (Lipinski definition) is 3. The number of unbranched alkanes of at least 4 members (excludes halogenated alkanes) is 1. The van der Waals surface area contributed by atoms with Crippen LogP contribution in [0.4, 0.5) is 0 Å². The third kappa shape index (κ3) is 5.78. The fraction of sp³-hybridized carbons (Fsp3) is 0.917. The number of esters is 1. The van der Waals surface area contributed by atoms with Crippen LogP contribution < -0.4 is 0 Å². The van der Waals surface area contributed by atoms with Crippen molar-refractivity contribution in [2.24, 2.45) is 5.92 Å². The topological polar surface area (TPSA) is 35.5 Å². The molecule has 0 aromatic carbocycles. The zero-order valence-corrected chi connectivity index (χ0v) is 9.67. The van der Waals surface area contributed by atoms with E-state index in [4.69, 9.17) is 9.47 Å². The van der Waals surface area contributed by atoms with E-state index in [2.05, 4.69) is 0 Å². The maximum absolute atomic E-state index is 10.8. The maximum Gasteiger partial charge on any atom is 0.305 e. The van der Waals surface area contributed by atoms with Gasteiger partial charge in [0.2, 0.25) is 0 Å². The number of rotatable bonds is 6. The van der Waals surface area contributed by atoms with Gasteiger partial charge < -0.3 is 9.47 Å². The molecule has 1 aliphatic rings. The molecule has 0 bridgehead atoms. The van der Waals surface area contributed by atoms with Crippen LogP contribution in [0.5, 0.6) is 0 Å². The lowest BCUT2D eigenvalue weighted by Gasteiger charge is -2.21. The van der Waals surface area contributed by atoms with Crippen molar-refractivity contribution in [1.82, 2.24) is 0 Å². The third-order valence-electron chi connectivity index (χ3n) is 2.81. The summed E-state index contributed by atoms with van der Waals surface area (Å²) < 4.78 is 10.4. The Morgan fingerprint density at radius 2 is 2.33 bits per heavy atom. The molecule has 0 N–H and O–H groups in total. The van der Waals surface area contributed by atoms with Gasteiger partial charge in [-0.25, -0.2) is 0 Å². The summed E-state index contributed by atoms with van der Waals surface area (Å²) in [5, 5.41) is 0. The molecule has 1 rings (SSSR count). The second kappa shape index (κ2) is 7.69. The molecule has 0 aliphatic carbocycles. The summed E-state index contributed by atoms with van der Waals surface area (Å²) in [6.07, 6.45) is 6.33. The van der Waals surface area contributed by atoms with Gasteiger partial charge in [0.15, 0.2) is 0 Å². The Kier molecular flexibility index (Phi) is 6.41. The second-order valence-electron chi connectivity index (χ2n) is 4.15. The molecule has 0 aromatic heterocycles. The molecule has 3 nitrogen and oxygen atoms in total. The van der Waals surface area contributed by atoms with Crippen molar-refractivity contribution in [2.45, 2.75) is 45.4 Å². The van der Waals surface area contributed by atoms with Crippen molar-refractivity contribution in [2.75, 3.05) is 19.8 Å². The SMILES string of the molecule is CCC(=O)OCCCCC1CCCOC1. The molecule has 1 aliphatic heterocycles. The lowest BCUT2D eigenvalue weighted by molar-refractivity contribution is -0.143. The van der Waals surface area contributed by atoms with E-state index in [1.54, 1.807) is 0 Å². The fourth-order valence-corrected chi connectivity index (χ4v) is 1.86. The number of carbonyl (C=O) groups excluding carboxylic acids is 1. The summed E-state index contributed by atoms with van der Waals surface area (Å²) in [5.74, 6) is 0.650. The Morgan fingerprint density at radius 3 is 3.00 bits per heavy atom. The minimum atomic E-state index is -0.0870. The van der Waals surface area contributed by atoms with Crippen LogP contribution in [0.3, 0.4) is 0 Å². The van der Waals surface area contributed by atoms with Crippen LogP contribution in [-0.4, -0.2) is 25.8 Å². The van der Waals surface area contributed by atoms with Gasteiger partial charge in [0.25, 0.3) is 0 Å². The van der Waals surface area contributed by atoms with Gasteiger partial charge >= 0.3 is 5.97 Å². The summed E-state index contributed by atoms with van der Waals surface area (Å²) in [4.78, 5) is 10.8. The lowest BCUT2D eigenvalue weighted by Crippen LogP contribution is -2.17. The van der Waals surface area contributed by atoms with Crippen LogP contribution in [0.15, 0.2) is 0 Å². The highest BCUT2D eigenvalue weighted by Crippen LogP contribution is 2.19. The average Bonchev–Trinajstić information content (AvgIpc) is 2.29. The molecule has 0 spiro atoms. The first-order chi connectivity index (χ1) is 7.33. The summed E-state index contributed by atoms with van der Waals surface area (Å²) >= 11 is 0. The van der Waals surface area contributed by atoms with Gasteiger partial charge in [-0.05, 0) is 38.0 Å². The molecule has 1 fully saturated rings. The Morgan fingerprint density at radius 1 is 1.47 bits per heavy atom. The van der Waals surface area contributed by atoms with Gasteiger partial charge in [0.1, 0.15) is 0 Å². The van der Waals surface area contributed by atoms with Gasteiger partial charge in [-0.2, -0.15) is 0 Å². The van der Waals surface area contributed by atoms with Crippen LogP contribution in [0.1, 0.15) is 45.4 Å². The van der Waals surface area contributed by atoms with Gasteiger partial charge in [0, 0.05) is 19.6 Å².